The number of nitrogens with zero attached hydrogens (tertiary/aromatic N) is 1. The molecule has 1 atom stereocenters. The average Bonchev–Trinajstić information content (AvgIpc) is 2.61. The maximum absolute atomic E-state index is 5.97. The number of rotatable bonds is 5. The predicted octanol–water partition coefficient (Wildman–Crippen LogP) is 2.79. The summed E-state index contributed by atoms with van der Waals surface area (Å²) in [4.78, 5) is 2.44. The zero-order valence-electron chi connectivity index (χ0n) is 11.3. The fraction of sp³-hybridized carbons (Fsp3) is 0.600. The maximum atomic E-state index is 5.97. The van der Waals surface area contributed by atoms with E-state index in [0.717, 1.165) is 51.1 Å². The van der Waals surface area contributed by atoms with Gasteiger partial charge in [-0.05, 0) is 37.8 Å². The smallest absolute Gasteiger partial charge is 0.142 e. The number of fused-ring (bicyclic) bond motifs is 1. The molecule has 0 aliphatic carbocycles. The van der Waals surface area contributed by atoms with Gasteiger partial charge in [0.15, 0.2) is 0 Å². The van der Waals surface area contributed by atoms with Gasteiger partial charge in [-0.25, -0.2) is 0 Å². The molecular weight excluding hydrogens is 224 g/mol. The van der Waals surface area contributed by atoms with E-state index in [2.05, 4.69) is 30.0 Å². The first kappa shape index (κ1) is 13.2. The van der Waals surface area contributed by atoms with Crippen molar-refractivity contribution >= 4 is 5.69 Å². The van der Waals surface area contributed by atoms with Crippen LogP contribution in [0.3, 0.4) is 0 Å². The minimum atomic E-state index is 0.350. The van der Waals surface area contributed by atoms with Crippen LogP contribution in [0.5, 0.6) is 5.75 Å². The minimum Gasteiger partial charge on any atom is -0.491 e. The van der Waals surface area contributed by atoms with Crippen molar-refractivity contribution in [2.75, 3.05) is 24.6 Å². The summed E-state index contributed by atoms with van der Waals surface area (Å²) in [6.45, 7) is 5.13. The van der Waals surface area contributed by atoms with Gasteiger partial charge in [-0.2, -0.15) is 0 Å². The molecule has 2 rings (SSSR count). The Bertz CT molecular complexity index is 367. The second-order valence-electron chi connectivity index (χ2n) is 4.97. The fourth-order valence-corrected chi connectivity index (χ4v) is 2.38. The Morgan fingerprint density at radius 3 is 3.06 bits per heavy atom. The topological polar surface area (TPSA) is 38.5 Å². The van der Waals surface area contributed by atoms with E-state index in [1.54, 1.807) is 0 Å². The predicted molar refractivity (Wildman–Crippen MR) is 76.3 cm³/mol. The number of para-hydroxylation sites is 2. The van der Waals surface area contributed by atoms with E-state index in [0.29, 0.717) is 6.04 Å². The first-order valence-corrected chi connectivity index (χ1v) is 7.03. The lowest BCUT2D eigenvalue weighted by molar-refractivity contribution is 0.322. The van der Waals surface area contributed by atoms with Gasteiger partial charge in [0.25, 0.3) is 0 Å². The van der Waals surface area contributed by atoms with Gasteiger partial charge >= 0.3 is 0 Å². The first-order chi connectivity index (χ1) is 8.81. The Balaban J connectivity index is 1.95. The minimum absolute atomic E-state index is 0.350. The molecule has 1 aliphatic rings. The molecule has 18 heavy (non-hydrogen) atoms. The van der Waals surface area contributed by atoms with Gasteiger partial charge < -0.3 is 15.4 Å². The van der Waals surface area contributed by atoms with Crippen LogP contribution in [0.1, 0.15) is 32.6 Å². The van der Waals surface area contributed by atoms with Gasteiger partial charge in [0, 0.05) is 19.1 Å². The van der Waals surface area contributed by atoms with E-state index in [1.165, 1.54) is 5.69 Å². The summed E-state index contributed by atoms with van der Waals surface area (Å²) in [5, 5.41) is 0. The summed E-state index contributed by atoms with van der Waals surface area (Å²) in [6.07, 6.45) is 4.42. The largest absolute Gasteiger partial charge is 0.491 e. The van der Waals surface area contributed by atoms with E-state index in [4.69, 9.17) is 10.5 Å². The summed E-state index contributed by atoms with van der Waals surface area (Å²) in [6, 6.07) is 8.68. The Kier molecular flexibility index (Phi) is 4.88. The number of hydrogen-bond donors (Lipinski definition) is 1. The van der Waals surface area contributed by atoms with E-state index in [1.807, 2.05) is 6.07 Å². The number of nitrogens with two attached hydrogens (primary N) is 1. The molecule has 0 bridgehead atoms. The summed E-state index contributed by atoms with van der Waals surface area (Å²) in [5.41, 5.74) is 7.21. The highest BCUT2D eigenvalue weighted by Gasteiger charge is 2.15. The van der Waals surface area contributed by atoms with Crippen LogP contribution in [0, 0.1) is 0 Å². The summed E-state index contributed by atoms with van der Waals surface area (Å²) >= 11 is 0. The number of ether oxygens (including phenoxy) is 1. The maximum Gasteiger partial charge on any atom is 0.142 e. The van der Waals surface area contributed by atoms with Crippen LogP contribution in [0.2, 0.25) is 0 Å². The molecule has 3 heteroatoms. The van der Waals surface area contributed by atoms with Crippen molar-refractivity contribution in [1.29, 1.82) is 0 Å². The quantitative estimate of drug-likeness (QED) is 0.871. The standard InChI is InChI=1S/C15H24N2O/c1-2-13(16)7-5-10-17-11-6-12-18-15-9-4-3-8-14(15)17/h3-4,8-9,13H,2,5-7,10-12,16H2,1H3. The van der Waals surface area contributed by atoms with Gasteiger partial charge in [0.05, 0.1) is 12.3 Å². The molecule has 1 unspecified atom stereocenters. The summed E-state index contributed by atoms with van der Waals surface area (Å²) < 4.78 is 5.76. The molecule has 100 valence electrons. The lowest BCUT2D eigenvalue weighted by atomic mass is 10.1. The lowest BCUT2D eigenvalue weighted by Gasteiger charge is -2.24. The second kappa shape index (κ2) is 6.64. The van der Waals surface area contributed by atoms with Crippen molar-refractivity contribution in [1.82, 2.24) is 0 Å². The molecular formula is C15H24N2O. The van der Waals surface area contributed by atoms with Crippen LogP contribution in [0.25, 0.3) is 0 Å². The molecule has 1 aliphatic heterocycles. The van der Waals surface area contributed by atoms with Crippen LogP contribution in [-0.2, 0) is 0 Å². The highest BCUT2D eigenvalue weighted by molar-refractivity contribution is 5.58. The van der Waals surface area contributed by atoms with Gasteiger partial charge in [0.1, 0.15) is 5.75 Å². The van der Waals surface area contributed by atoms with Gasteiger partial charge in [0.2, 0.25) is 0 Å². The second-order valence-corrected chi connectivity index (χ2v) is 4.97. The molecule has 1 aromatic rings. The third kappa shape index (κ3) is 3.39. The fourth-order valence-electron chi connectivity index (χ4n) is 2.38. The third-order valence-electron chi connectivity index (χ3n) is 3.56. The van der Waals surface area contributed by atoms with Gasteiger partial charge in [-0.15, -0.1) is 0 Å². The summed E-state index contributed by atoms with van der Waals surface area (Å²) in [7, 11) is 0. The monoisotopic (exact) mass is 248 g/mol. The Hall–Kier alpha value is -1.22. The normalized spacial score (nSPS) is 16.7. The zero-order chi connectivity index (χ0) is 12.8. The Morgan fingerprint density at radius 1 is 1.39 bits per heavy atom. The van der Waals surface area contributed by atoms with Crippen molar-refractivity contribution in [3.05, 3.63) is 24.3 Å². The molecule has 0 spiro atoms. The SMILES string of the molecule is CCC(N)CCCN1CCCOc2ccccc21. The van der Waals surface area contributed by atoms with Crippen LogP contribution in [0.15, 0.2) is 24.3 Å². The Morgan fingerprint density at radius 2 is 2.22 bits per heavy atom. The summed E-state index contributed by atoms with van der Waals surface area (Å²) in [5.74, 6) is 1.02. The van der Waals surface area contributed by atoms with E-state index < -0.39 is 0 Å². The van der Waals surface area contributed by atoms with E-state index >= 15 is 0 Å². The van der Waals surface area contributed by atoms with Crippen molar-refractivity contribution < 1.29 is 4.74 Å². The van der Waals surface area contributed by atoms with Crippen LogP contribution < -0.4 is 15.4 Å². The molecule has 0 saturated carbocycles. The van der Waals surface area contributed by atoms with Gasteiger partial charge in [-0.3, -0.25) is 0 Å². The zero-order valence-corrected chi connectivity index (χ0v) is 11.3. The molecule has 0 aromatic heterocycles. The van der Waals surface area contributed by atoms with Crippen molar-refractivity contribution in [2.24, 2.45) is 5.73 Å². The highest BCUT2D eigenvalue weighted by atomic mass is 16.5. The molecule has 0 amide bonds. The van der Waals surface area contributed by atoms with Crippen LogP contribution >= 0.6 is 0 Å². The highest BCUT2D eigenvalue weighted by Crippen LogP contribution is 2.30. The molecule has 0 radical (unpaired) electrons. The molecule has 2 N–H and O–H groups in total. The molecule has 1 heterocycles. The molecule has 1 aromatic carbocycles. The van der Waals surface area contributed by atoms with Crippen molar-refractivity contribution in [2.45, 2.75) is 38.6 Å². The first-order valence-electron chi connectivity index (χ1n) is 7.03. The third-order valence-corrected chi connectivity index (χ3v) is 3.56. The van der Waals surface area contributed by atoms with Crippen LogP contribution in [-0.4, -0.2) is 25.7 Å². The van der Waals surface area contributed by atoms with Crippen molar-refractivity contribution in [3.63, 3.8) is 0 Å². The average molecular weight is 248 g/mol. The number of benzene rings is 1. The van der Waals surface area contributed by atoms with E-state index in [-0.39, 0.29) is 0 Å². The number of hydrogen-bond acceptors (Lipinski definition) is 3. The van der Waals surface area contributed by atoms with Crippen molar-refractivity contribution in [3.8, 4) is 5.75 Å². The van der Waals surface area contributed by atoms with Crippen LogP contribution in [0.4, 0.5) is 5.69 Å². The van der Waals surface area contributed by atoms with E-state index in [9.17, 15) is 0 Å². The lowest BCUT2D eigenvalue weighted by Crippen LogP contribution is -2.27. The molecule has 0 saturated heterocycles. The molecule has 3 nitrogen and oxygen atoms in total. The number of anilines is 1. The van der Waals surface area contributed by atoms with Gasteiger partial charge in [-0.1, -0.05) is 19.1 Å². The Labute approximate surface area is 110 Å². The molecule has 0 fully saturated rings.